The number of urea groups is 1. The number of rotatable bonds is 3. The first kappa shape index (κ1) is 15.3. The van der Waals surface area contributed by atoms with E-state index >= 15 is 0 Å². The van der Waals surface area contributed by atoms with Crippen LogP contribution >= 0.6 is 0 Å². The first-order valence-corrected chi connectivity index (χ1v) is 8.34. The maximum atomic E-state index is 11.9. The molecule has 2 aromatic carbocycles. The van der Waals surface area contributed by atoms with Crippen LogP contribution in [0.4, 0.5) is 16.2 Å². The third-order valence-corrected chi connectivity index (χ3v) is 4.51. The first-order chi connectivity index (χ1) is 10.9. The molecule has 0 saturated carbocycles. The number of benzene rings is 2. The molecule has 0 aliphatic carbocycles. The van der Waals surface area contributed by atoms with Crippen molar-refractivity contribution in [2.75, 3.05) is 23.7 Å². The Bertz CT molecular complexity index is 880. The average Bonchev–Trinajstić information content (AvgIpc) is 2.92. The van der Waals surface area contributed by atoms with Crippen LogP contribution in [0.25, 0.3) is 11.1 Å². The predicted molar refractivity (Wildman–Crippen MR) is 86.8 cm³/mol. The monoisotopic (exact) mass is 333 g/mol. The van der Waals surface area contributed by atoms with Crippen LogP contribution in [0.2, 0.25) is 0 Å². The number of hydrogen-bond donors (Lipinski definition) is 3. The fraction of sp³-hybridized carbons (Fsp3) is 0.133. The highest BCUT2D eigenvalue weighted by atomic mass is 32.2. The van der Waals surface area contributed by atoms with E-state index in [-0.39, 0.29) is 10.9 Å². The molecule has 3 rings (SSSR count). The lowest BCUT2D eigenvalue weighted by Crippen LogP contribution is -2.28. The number of hydrogen-bond acceptors (Lipinski definition) is 4. The van der Waals surface area contributed by atoms with E-state index in [1.54, 1.807) is 24.3 Å². The molecule has 4 N–H and O–H groups in total. The molecule has 8 heteroatoms. The van der Waals surface area contributed by atoms with Crippen molar-refractivity contribution in [1.29, 1.82) is 0 Å². The van der Waals surface area contributed by atoms with Crippen LogP contribution in [0.5, 0.6) is 0 Å². The quantitative estimate of drug-likeness (QED) is 0.584. The van der Waals surface area contributed by atoms with E-state index in [9.17, 15) is 17.8 Å². The Morgan fingerprint density at radius 3 is 2.48 bits per heavy atom. The second kappa shape index (κ2) is 5.56. The summed E-state index contributed by atoms with van der Waals surface area (Å²) < 4.78 is 32.1. The normalized spacial score (nSPS) is 14.8. The molecule has 0 aromatic heterocycles. The lowest BCUT2D eigenvalue weighted by molar-refractivity contribution is 0.252. The lowest BCUT2D eigenvalue weighted by atomic mass is 10.0. The number of amides is 2. The number of carbonyl (C=O) groups excluding carboxylic acids is 1. The summed E-state index contributed by atoms with van der Waals surface area (Å²) in [5, 5.41) is 2.69. The van der Waals surface area contributed by atoms with E-state index in [2.05, 4.69) is 5.32 Å². The van der Waals surface area contributed by atoms with Gasteiger partial charge in [0.25, 0.3) is 10.1 Å². The summed E-state index contributed by atoms with van der Waals surface area (Å²) in [6.07, 6.45) is 0. The highest BCUT2D eigenvalue weighted by molar-refractivity contribution is 7.85. The topological polar surface area (TPSA) is 113 Å². The van der Waals surface area contributed by atoms with Gasteiger partial charge in [-0.2, -0.15) is 8.42 Å². The average molecular weight is 333 g/mol. The van der Waals surface area contributed by atoms with Gasteiger partial charge in [-0.25, -0.2) is 4.79 Å². The summed E-state index contributed by atoms with van der Waals surface area (Å²) in [4.78, 5) is 13.2. The predicted octanol–water partition coefficient (Wildman–Crippen LogP) is 1.71. The number of carbonyl (C=O) groups is 1. The molecule has 1 aliphatic rings. The third kappa shape index (κ3) is 2.86. The summed E-state index contributed by atoms with van der Waals surface area (Å²) in [6, 6.07) is 10.8. The Kier molecular flexibility index (Phi) is 3.70. The van der Waals surface area contributed by atoms with E-state index in [0.717, 1.165) is 0 Å². The Hall–Kier alpha value is -2.58. The zero-order valence-electron chi connectivity index (χ0n) is 12.1. The summed E-state index contributed by atoms with van der Waals surface area (Å²) >= 11 is 0. The summed E-state index contributed by atoms with van der Waals surface area (Å²) in [5.74, 6) is 0. The molecule has 0 spiro atoms. The standard InChI is InChI=1S/C15H15N3O4S/c16-13-4-2-1-3-11(13)12-9-10(23(20,21)22)5-6-14(12)18-8-7-17-15(18)19/h1-6,9H,7-8,16H2,(H,17,19)(H,20,21,22). The van der Waals surface area contributed by atoms with Crippen LogP contribution in [0.3, 0.4) is 0 Å². The minimum absolute atomic E-state index is 0.251. The van der Waals surface area contributed by atoms with Gasteiger partial charge in [-0.3, -0.25) is 9.45 Å². The molecule has 1 fully saturated rings. The van der Waals surface area contributed by atoms with Gasteiger partial charge < -0.3 is 11.1 Å². The second-order valence-electron chi connectivity index (χ2n) is 5.12. The molecular formula is C15H15N3O4S. The number of nitrogen functional groups attached to an aromatic ring is 1. The van der Waals surface area contributed by atoms with Gasteiger partial charge >= 0.3 is 6.03 Å². The van der Waals surface area contributed by atoms with Crippen molar-refractivity contribution in [2.24, 2.45) is 0 Å². The zero-order chi connectivity index (χ0) is 16.6. The van der Waals surface area contributed by atoms with Gasteiger partial charge in [0.2, 0.25) is 0 Å². The fourth-order valence-corrected chi connectivity index (χ4v) is 3.08. The van der Waals surface area contributed by atoms with Crippen LogP contribution in [0.1, 0.15) is 0 Å². The molecule has 0 unspecified atom stereocenters. The maximum Gasteiger partial charge on any atom is 0.322 e. The molecule has 0 atom stereocenters. The van der Waals surface area contributed by atoms with Crippen molar-refractivity contribution in [3.8, 4) is 11.1 Å². The van der Waals surface area contributed by atoms with E-state index in [1.807, 2.05) is 0 Å². The molecule has 2 amide bonds. The van der Waals surface area contributed by atoms with Crippen LogP contribution in [0.15, 0.2) is 47.4 Å². The lowest BCUT2D eigenvalue weighted by Gasteiger charge is -2.20. The number of nitrogens with two attached hydrogens (primary N) is 1. The minimum atomic E-state index is -4.36. The van der Waals surface area contributed by atoms with E-state index < -0.39 is 10.1 Å². The van der Waals surface area contributed by atoms with Crippen LogP contribution in [0, 0.1) is 0 Å². The van der Waals surface area contributed by atoms with Crippen molar-refractivity contribution in [3.05, 3.63) is 42.5 Å². The summed E-state index contributed by atoms with van der Waals surface area (Å²) in [6.45, 7) is 0.965. The van der Waals surface area contributed by atoms with Gasteiger partial charge in [-0.1, -0.05) is 18.2 Å². The molecule has 120 valence electrons. The summed E-state index contributed by atoms with van der Waals surface area (Å²) in [7, 11) is -4.36. The second-order valence-corrected chi connectivity index (χ2v) is 6.55. The molecular weight excluding hydrogens is 318 g/mol. The van der Waals surface area contributed by atoms with Crippen molar-refractivity contribution < 1.29 is 17.8 Å². The van der Waals surface area contributed by atoms with Crippen molar-refractivity contribution in [2.45, 2.75) is 4.90 Å². The number of nitrogens with zero attached hydrogens (tertiary/aromatic N) is 1. The van der Waals surface area contributed by atoms with Crippen LogP contribution < -0.4 is 16.0 Å². The van der Waals surface area contributed by atoms with Crippen LogP contribution in [-0.4, -0.2) is 32.1 Å². The number of nitrogens with one attached hydrogen (secondary N) is 1. The molecule has 23 heavy (non-hydrogen) atoms. The number of para-hydroxylation sites is 1. The van der Waals surface area contributed by atoms with E-state index in [0.29, 0.717) is 35.6 Å². The highest BCUT2D eigenvalue weighted by Gasteiger charge is 2.25. The fourth-order valence-electron chi connectivity index (χ4n) is 2.57. The summed E-state index contributed by atoms with van der Waals surface area (Å²) in [5.41, 5.74) is 8.02. The zero-order valence-corrected chi connectivity index (χ0v) is 12.9. The Morgan fingerprint density at radius 1 is 1.13 bits per heavy atom. The number of anilines is 2. The first-order valence-electron chi connectivity index (χ1n) is 6.90. The molecule has 2 aromatic rings. The maximum absolute atomic E-state index is 11.9. The van der Waals surface area contributed by atoms with Gasteiger partial charge in [0.05, 0.1) is 10.6 Å². The molecule has 0 bridgehead atoms. The Morgan fingerprint density at radius 2 is 1.87 bits per heavy atom. The molecule has 7 nitrogen and oxygen atoms in total. The van der Waals surface area contributed by atoms with E-state index in [1.165, 1.54) is 23.1 Å². The van der Waals surface area contributed by atoms with Gasteiger partial charge in [-0.15, -0.1) is 0 Å². The van der Waals surface area contributed by atoms with Gasteiger partial charge in [-0.05, 0) is 24.3 Å². The Balaban J connectivity index is 2.24. The van der Waals surface area contributed by atoms with Gasteiger partial charge in [0.1, 0.15) is 0 Å². The highest BCUT2D eigenvalue weighted by Crippen LogP contribution is 2.36. The van der Waals surface area contributed by atoms with Gasteiger partial charge in [0, 0.05) is 29.9 Å². The Labute approximate surface area is 133 Å². The van der Waals surface area contributed by atoms with Crippen molar-refractivity contribution in [1.82, 2.24) is 5.32 Å². The SMILES string of the molecule is Nc1ccccc1-c1cc(S(=O)(=O)O)ccc1N1CCNC1=O. The largest absolute Gasteiger partial charge is 0.398 e. The minimum Gasteiger partial charge on any atom is -0.398 e. The molecule has 1 aliphatic heterocycles. The van der Waals surface area contributed by atoms with Crippen molar-refractivity contribution in [3.63, 3.8) is 0 Å². The molecule has 1 saturated heterocycles. The van der Waals surface area contributed by atoms with Crippen LogP contribution in [-0.2, 0) is 10.1 Å². The third-order valence-electron chi connectivity index (χ3n) is 3.66. The van der Waals surface area contributed by atoms with Gasteiger partial charge in [0.15, 0.2) is 0 Å². The van der Waals surface area contributed by atoms with E-state index in [4.69, 9.17) is 5.73 Å². The van der Waals surface area contributed by atoms with Crippen molar-refractivity contribution >= 4 is 27.5 Å². The smallest absolute Gasteiger partial charge is 0.322 e. The molecule has 1 heterocycles. The molecule has 0 radical (unpaired) electrons.